The second kappa shape index (κ2) is 4.64. The molecule has 2 atom stereocenters. The maximum Gasteiger partial charge on any atom is 0.418 e. The van der Waals surface area contributed by atoms with E-state index in [4.69, 9.17) is 21.4 Å². The van der Waals surface area contributed by atoms with Crippen LogP contribution in [0.3, 0.4) is 0 Å². The normalized spacial score (nSPS) is 23.8. The summed E-state index contributed by atoms with van der Waals surface area (Å²) in [5.41, 5.74) is 12.0. The SMILES string of the molecule is N=C(N)n1ncc2c1C(CN)N1C[C@H]2N(OS(=O)(=O)O)C1=O. The van der Waals surface area contributed by atoms with Crippen LogP contribution in [0.2, 0.25) is 0 Å². The summed E-state index contributed by atoms with van der Waals surface area (Å²) in [5, 5.41) is 12.0. The highest BCUT2D eigenvalue weighted by Crippen LogP contribution is 2.43. The number of amides is 2. The topological polar surface area (TPSA) is 181 Å². The Morgan fingerprint density at radius 3 is 2.82 bits per heavy atom. The molecule has 0 aromatic carbocycles. The molecule has 6 N–H and O–H groups in total. The molecule has 3 heterocycles. The van der Waals surface area contributed by atoms with Crippen molar-refractivity contribution < 1.29 is 22.0 Å². The molecule has 2 bridgehead atoms. The van der Waals surface area contributed by atoms with Crippen molar-refractivity contribution in [2.75, 3.05) is 13.1 Å². The number of carbonyl (C=O) groups is 1. The van der Waals surface area contributed by atoms with Crippen molar-refractivity contribution in [2.24, 2.45) is 11.5 Å². The summed E-state index contributed by atoms with van der Waals surface area (Å²) in [6.07, 6.45) is 1.36. The lowest BCUT2D eigenvalue weighted by Gasteiger charge is -2.30. The van der Waals surface area contributed by atoms with Gasteiger partial charge in [0.2, 0.25) is 5.96 Å². The molecular formula is C9H13N7O5S. The van der Waals surface area contributed by atoms with E-state index >= 15 is 0 Å². The summed E-state index contributed by atoms with van der Waals surface area (Å²) in [7, 11) is -4.86. The highest BCUT2D eigenvalue weighted by atomic mass is 32.3. The Hall–Kier alpha value is -2.22. The first-order valence-electron chi connectivity index (χ1n) is 6.13. The minimum atomic E-state index is -4.86. The van der Waals surface area contributed by atoms with Gasteiger partial charge < -0.3 is 16.4 Å². The van der Waals surface area contributed by atoms with Gasteiger partial charge in [0, 0.05) is 12.1 Å². The number of rotatable bonds is 3. The van der Waals surface area contributed by atoms with Gasteiger partial charge in [0.05, 0.1) is 24.5 Å². The van der Waals surface area contributed by atoms with E-state index in [1.165, 1.54) is 11.1 Å². The number of hydrogen-bond donors (Lipinski definition) is 4. The summed E-state index contributed by atoms with van der Waals surface area (Å²) < 4.78 is 36.1. The second-order valence-electron chi connectivity index (χ2n) is 4.81. The van der Waals surface area contributed by atoms with Crippen molar-refractivity contribution in [1.82, 2.24) is 19.7 Å². The second-order valence-corrected chi connectivity index (χ2v) is 5.82. The molecule has 1 saturated heterocycles. The van der Waals surface area contributed by atoms with E-state index in [2.05, 4.69) is 9.38 Å². The predicted octanol–water partition coefficient (Wildman–Crippen LogP) is -1.85. The largest absolute Gasteiger partial charge is 0.418 e. The fourth-order valence-corrected chi connectivity index (χ4v) is 3.18. The molecule has 22 heavy (non-hydrogen) atoms. The van der Waals surface area contributed by atoms with Gasteiger partial charge in [-0.2, -0.15) is 18.6 Å². The fourth-order valence-electron chi connectivity index (χ4n) is 2.81. The fraction of sp³-hybridized carbons (Fsp3) is 0.444. The van der Waals surface area contributed by atoms with Crippen LogP contribution in [0, 0.1) is 5.41 Å². The van der Waals surface area contributed by atoms with Gasteiger partial charge in [0.25, 0.3) is 0 Å². The molecular weight excluding hydrogens is 318 g/mol. The van der Waals surface area contributed by atoms with E-state index < -0.39 is 28.5 Å². The standard InChI is InChI=1S/C9H13N7O5S/c10-1-5-7-4(2-13-15(7)8(11)12)6-3-14(5)9(17)16(6)21-22(18,19)20/h2,5-6H,1,3,10H2,(H3,11,12)(H,18,19,20)/t5?,6-/m1/s1. The molecule has 2 amide bonds. The molecule has 0 saturated carbocycles. The highest BCUT2D eigenvalue weighted by molar-refractivity contribution is 7.80. The Bertz CT molecular complexity index is 758. The monoisotopic (exact) mass is 331 g/mol. The third kappa shape index (κ3) is 2.02. The van der Waals surface area contributed by atoms with Gasteiger partial charge in [-0.05, 0) is 0 Å². The number of carbonyl (C=O) groups excluding carboxylic acids is 1. The number of urea groups is 1. The lowest BCUT2D eigenvalue weighted by atomic mass is 9.98. The lowest BCUT2D eigenvalue weighted by molar-refractivity contribution is -0.0317. The van der Waals surface area contributed by atoms with Crippen molar-refractivity contribution in [3.63, 3.8) is 0 Å². The first-order valence-corrected chi connectivity index (χ1v) is 7.50. The molecule has 120 valence electrons. The Balaban J connectivity index is 2.11. The average Bonchev–Trinajstić information content (AvgIpc) is 2.95. The van der Waals surface area contributed by atoms with Crippen molar-refractivity contribution in [3.8, 4) is 0 Å². The van der Waals surface area contributed by atoms with Crippen LogP contribution in [0.15, 0.2) is 6.20 Å². The molecule has 3 rings (SSSR count). The number of aromatic nitrogens is 2. The highest BCUT2D eigenvalue weighted by Gasteiger charge is 2.51. The molecule has 1 aromatic heterocycles. The molecule has 0 radical (unpaired) electrons. The van der Waals surface area contributed by atoms with Gasteiger partial charge in [-0.3, -0.25) is 9.96 Å². The van der Waals surface area contributed by atoms with E-state index in [1.807, 2.05) is 0 Å². The molecule has 1 aromatic rings. The summed E-state index contributed by atoms with van der Waals surface area (Å²) in [6.45, 7) is 0.136. The van der Waals surface area contributed by atoms with Crippen LogP contribution in [0.1, 0.15) is 23.3 Å². The number of hydrogen-bond acceptors (Lipinski definition) is 7. The van der Waals surface area contributed by atoms with Crippen LogP contribution in [-0.4, -0.2) is 57.8 Å². The third-order valence-corrected chi connectivity index (χ3v) is 3.95. The smallest absolute Gasteiger partial charge is 0.368 e. The predicted molar refractivity (Wildman–Crippen MR) is 70.7 cm³/mol. The maximum atomic E-state index is 12.3. The molecule has 0 spiro atoms. The minimum absolute atomic E-state index is 0.0180. The van der Waals surface area contributed by atoms with Gasteiger partial charge >= 0.3 is 16.4 Å². The Morgan fingerprint density at radius 1 is 1.59 bits per heavy atom. The average molecular weight is 331 g/mol. The third-order valence-electron chi connectivity index (χ3n) is 3.60. The van der Waals surface area contributed by atoms with Crippen molar-refractivity contribution >= 4 is 22.4 Å². The molecule has 13 heteroatoms. The number of nitrogens with one attached hydrogen (secondary N) is 1. The zero-order valence-corrected chi connectivity index (χ0v) is 11.9. The number of nitrogens with two attached hydrogens (primary N) is 2. The molecule has 0 aliphatic carbocycles. The Kier molecular flexibility index (Phi) is 3.10. The molecule has 2 aliphatic heterocycles. The van der Waals surface area contributed by atoms with Crippen LogP contribution in [0.25, 0.3) is 0 Å². The van der Waals surface area contributed by atoms with Crippen LogP contribution in [0.4, 0.5) is 4.79 Å². The number of nitrogens with zero attached hydrogens (tertiary/aromatic N) is 4. The van der Waals surface area contributed by atoms with E-state index in [1.54, 1.807) is 0 Å². The zero-order chi connectivity index (χ0) is 16.2. The van der Waals surface area contributed by atoms with Gasteiger partial charge in [-0.25, -0.2) is 9.48 Å². The Morgan fingerprint density at radius 2 is 2.27 bits per heavy atom. The van der Waals surface area contributed by atoms with Gasteiger partial charge in [0.1, 0.15) is 6.04 Å². The van der Waals surface area contributed by atoms with Crippen molar-refractivity contribution in [1.29, 1.82) is 5.41 Å². The van der Waals surface area contributed by atoms with Crippen LogP contribution >= 0.6 is 0 Å². The zero-order valence-electron chi connectivity index (χ0n) is 11.1. The van der Waals surface area contributed by atoms with E-state index in [0.29, 0.717) is 16.3 Å². The molecule has 1 fully saturated rings. The molecule has 12 nitrogen and oxygen atoms in total. The quantitative estimate of drug-likeness (QED) is 0.283. The van der Waals surface area contributed by atoms with Gasteiger partial charge in [-0.1, -0.05) is 0 Å². The van der Waals surface area contributed by atoms with Crippen LogP contribution in [0.5, 0.6) is 0 Å². The summed E-state index contributed by atoms with van der Waals surface area (Å²) in [6, 6.07) is -2.20. The summed E-state index contributed by atoms with van der Waals surface area (Å²) in [5.74, 6) is -0.364. The maximum absolute atomic E-state index is 12.3. The first kappa shape index (κ1) is 14.7. The van der Waals surface area contributed by atoms with Crippen molar-refractivity contribution in [3.05, 3.63) is 17.5 Å². The van der Waals surface area contributed by atoms with E-state index in [9.17, 15) is 13.2 Å². The summed E-state index contributed by atoms with van der Waals surface area (Å²) in [4.78, 5) is 13.5. The first-order chi connectivity index (χ1) is 10.2. The summed E-state index contributed by atoms with van der Waals surface area (Å²) >= 11 is 0. The number of fused-ring (bicyclic) bond motifs is 4. The van der Waals surface area contributed by atoms with Crippen LogP contribution < -0.4 is 11.5 Å². The van der Waals surface area contributed by atoms with E-state index in [0.717, 1.165) is 4.68 Å². The van der Waals surface area contributed by atoms with Gasteiger partial charge in [-0.15, -0.1) is 4.28 Å². The van der Waals surface area contributed by atoms with Gasteiger partial charge in [0.15, 0.2) is 0 Å². The number of hydroxylamine groups is 2. The Labute approximate surface area is 124 Å². The number of nitrogen functional groups attached to an aromatic ring is 1. The van der Waals surface area contributed by atoms with Crippen molar-refractivity contribution in [2.45, 2.75) is 12.1 Å². The van der Waals surface area contributed by atoms with Crippen LogP contribution in [-0.2, 0) is 14.7 Å². The molecule has 1 unspecified atom stereocenters. The van der Waals surface area contributed by atoms with E-state index in [-0.39, 0.29) is 19.0 Å². The lowest BCUT2D eigenvalue weighted by Crippen LogP contribution is -2.40. The molecule has 2 aliphatic rings. The minimum Gasteiger partial charge on any atom is -0.368 e.